The van der Waals surface area contributed by atoms with Gasteiger partial charge in [0.15, 0.2) is 11.5 Å². The number of hydrogen-bond donors (Lipinski definition) is 1. The van der Waals surface area contributed by atoms with Crippen LogP contribution in [0.5, 0.6) is 17.2 Å². The number of nitrogens with zero attached hydrogens (tertiary/aromatic N) is 1. The summed E-state index contributed by atoms with van der Waals surface area (Å²) in [5.41, 5.74) is 3.65. The van der Waals surface area contributed by atoms with Crippen LogP contribution in [0.15, 0.2) is 46.0 Å². The summed E-state index contributed by atoms with van der Waals surface area (Å²) in [5.74, 6) is 1.46. The number of fused-ring (bicyclic) bond motifs is 1. The van der Waals surface area contributed by atoms with Gasteiger partial charge in [-0.05, 0) is 40.2 Å². The van der Waals surface area contributed by atoms with Crippen molar-refractivity contribution in [2.75, 3.05) is 13.9 Å². The number of hydrogen-bond acceptors (Lipinski definition) is 5. The van der Waals surface area contributed by atoms with Gasteiger partial charge in [-0.15, -0.1) is 0 Å². The Bertz CT molecular complexity index is 777. The molecule has 3 rings (SSSR count). The average Bonchev–Trinajstić information content (AvgIpc) is 3.01. The van der Waals surface area contributed by atoms with Crippen molar-refractivity contribution in [1.29, 1.82) is 0 Å². The second-order valence-corrected chi connectivity index (χ2v) is 5.48. The quantitative estimate of drug-likeness (QED) is 0.657. The number of carbonyl (C=O) groups excluding carboxylic acids is 1. The third-order valence-corrected chi connectivity index (χ3v) is 3.90. The van der Waals surface area contributed by atoms with Gasteiger partial charge in [0.05, 0.1) is 18.9 Å². The zero-order chi connectivity index (χ0) is 16.2. The van der Waals surface area contributed by atoms with E-state index in [1.165, 1.54) is 13.3 Å². The molecule has 2 aromatic carbocycles. The molecule has 7 heteroatoms. The number of rotatable bonds is 4. The Kier molecular flexibility index (Phi) is 4.47. The molecular formula is C16H13BrN2O4. The monoisotopic (exact) mass is 376 g/mol. The van der Waals surface area contributed by atoms with E-state index in [2.05, 4.69) is 26.5 Å². The lowest BCUT2D eigenvalue weighted by molar-refractivity contribution is 0.0952. The van der Waals surface area contributed by atoms with Crippen LogP contribution in [-0.2, 0) is 0 Å². The van der Waals surface area contributed by atoms with Crippen molar-refractivity contribution in [1.82, 2.24) is 5.43 Å². The van der Waals surface area contributed by atoms with E-state index >= 15 is 0 Å². The molecule has 0 bridgehead atoms. The zero-order valence-electron chi connectivity index (χ0n) is 12.2. The van der Waals surface area contributed by atoms with Crippen LogP contribution >= 0.6 is 15.9 Å². The average molecular weight is 377 g/mol. The number of hydrazone groups is 1. The van der Waals surface area contributed by atoms with Crippen LogP contribution in [0, 0.1) is 0 Å². The molecule has 0 aromatic heterocycles. The van der Waals surface area contributed by atoms with E-state index in [0.717, 1.165) is 10.0 Å². The minimum absolute atomic E-state index is 0.201. The normalized spacial score (nSPS) is 12.4. The molecule has 0 unspecified atom stereocenters. The Labute approximate surface area is 141 Å². The number of halogens is 1. The first-order chi connectivity index (χ1) is 11.2. The largest absolute Gasteiger partial charge is 0.496 e. The lowest BCUT2D eigenvalue weighted by atomic mass is 10.2. The molecule has 0 saturated heterocycles. The Hall–Kier alpha value is -2.54. The Morgan fingerprint density at radius 1 is 1.30 bits per heavy atom. The molecule has 1 heterocycles. The van der Waals surface area contributed by atoms with Crippen LogP contribution in [0.4, 0.5) is 0 Å². The van der Waals surface area contributed by atoms with Gasteiger partial charge in [0, 0.05) is 10.0 Å². The third-order valence-electron chi connectivity index (χ3n) is 3.21. The molecule has 0 fully saturated rings. The highest BCUT2D eigenvalue weighted by Gasteiger charge is 2.15. The van der Waals surface area contributed by atoms with Crippen molar-refractivity contribution >= 4 is 28.1 Å². The number of nitrogens with one attached hydrogen (secondary N) is 1. The van der Waals surface area contributed by atoms with Crippen molar-refractivity contribution in [2.24, 2.45) is 5.10 Å². The van der Waals surface area contributed by atoms with E-state index in [1.54, 1.807) is 36.4 Å². The number of ether oxygens (including phenoxy) is 3. The van der Waals surface area contributed by atoms with Crippen molar-refractivity contribution < 1.29 is 19.0 Å². The van der Waals surface area contributed by atoms with Gasteiger partial charge < -0.3 is 14.2 Å². The van der Waals surface area contributed by atoms with Crippen LogP contribution in [0.2, 0.25) is 0 Å². The van der Waals surface area contributed by atoms with Crippen molar-refractivity contribution in [3.05, 3.63) is 52.0 Å². The molecule has 1 aliphatic rings. The highest BCUT2D eigenvalue weighted by atomic mass is 79.9. The molecular weight excluding hydrogens is 364 g/mol. The predicted octanol–water partition coefficient (Wildman–Crippen LogP) is 2.95. The second-order valence-electron chi connectivity index (χ2n) is 4.63. The van der Waals surface area contributed by atoms with Crippen molar-refractivity contribution in [3.8, 4) is 17.2 Å². The lowest BCUT2D eigenvalue weighted by Crippen LogP contribution is -2.18. The molecule has 118 valence electrons. The third kappa shape index (κ3) is 3.29. The summed E-state index contributed by atoms with van der Waals surface area (Å²) in [4.78, 5) is 12.1. The van der Waals surface area contributed by atoms with Crippen molar-refractivity contribution in [2.45, 2.75) is 0 Å². The summed E-state index contributed by atoms with van der Waals surface area (Å²) in [5, 5.41) is 3.97. The van der Waals surface area contributed by atoms with Crippen molar-refractivity contribution in [3.63, 3.8) is 0 Å². The summed E-state index contributed by atoms with van der Waals surface area (Å²) in [6.45, 7) is 0.201. The van der Waals surface area contributed by atoms with E-state index in [-0.39, 0.29) is 12.7 Å². The maximum absolute atomic E-state index is 12.1. The van der Waals surface area contributed by atoms with E-state index in [9.17, 15) is 4.79 Å². The molecule has 6 nitrogen and oxygen atoms in total. The first kappa shape index (κ1) is 15.4. The standard InChI is InChI=1S/C16H13BrN2O4/c1-21-13-5-3-2-4-11(13)16(20)19-18-8-10-6-14-15(7-12(10)17)23-9-22-14/h2-8H,9H2,1H3,(H,19,20). The van der Waals surface area contributed by atoms with Gasteiger partial charge in [-0.3, -0.25) is 4.79 Å². The van der Waals surface area contributed by atoms with E-state index in [1.807, 2.05) is 0 Å². The molecule has 1 aliphatic heterocycles. The lowest BCUT2D eigenvalue weighted by Gasteiger charge is -2.06. The first-order valence-corrected chi connectivity index (χ1v) is 7.54. The molecule has 0 atom stereocenters. The van der Waals surface area contributed by atoms with Gasteiger partial charge in [-0.1, -0.05) is 12.1 Å². The Balaban J connectivity index is 1.73. The Morgan fingerprint density at radius 3 is 2.83 bits per heavy atom. The maximum atomic E-state index is 12.1. The Morgan fingerprint density at radius 2 is 2.04 bits per heavy atom. The minimum Gasteiger partial charge on any atom is -0.496 e. The number of benzene rings is 2. The highest BCUT2D eigenvalue weighted by molar-refractivity contribution is 9.10. The summed E-state index contributed by atoms with van der Waals surface area (Å²) in [6.07, 6.45) is 1.53. The van der Waals surface area contributed by atoms with E-state index in [0.29, 0.717) is 22.8 Å². The smallest absolute Gasteiger partial charge is 0.275 e. The van der Waals surface area contributed by atoms with Gasteiger partial charge in [0.1, 0.15) is 5.75 Å². The van der Waals surface area contributed by atoms with Crippen LogP contribution < -0.4 is 19.6 Å². The van der Waals surface area contributed by atoms with Gasteiger partial charge in [-0.25, -0.2) is 5.43 Å². The molecule has 2 aromatic rings. The van der Waals surface area contributed by atoms with Crippen LogP contribution in [0.1, 0.15) is 15.9 Å². The molecule has 1 N–H and O–H groups in total. The zero-order valence-corrected chi connectivity index (χ0v) is 13.8. The van der Waals surface area contributed by atoms with E-state index < -0.39 is 0 Å². The first-order valence-electron chi connectivity index (χ1n) is 6.74. The summed E-state index contributed by atoms with van der Waals surface area (Å²) in [6, 6.07) is 10.5. The number of para-hydroxylation sites is 1. The highest BCUT2D eigenvalue weighted by Crippen LogP contribution is 2.36. The fourth-order valence-corrected chi connectivity index (χ4v) is 2.51. The topological polar surface area (TPSA) is 69.2 Å². The number of methoxy groups -OCH3 is 1. The number of amides is 1. The minimum atomic E-state index is -0.351. The molecule has 23 heavy (non-hydrogen) atoms. The van der Waals surface area contributed by atoms with Gasteiger partial charge in [0.25, 0.3) is 5.91 Å². The fourth-order valence-electron chi connectivity index (χ4n) is 2.08. The molecule has 0 saturated carbocycles. The summed E-state index contributed by atoms with van der Waals surface area (Å²) < 4.78 is 16.5. The predicted molar refractivity (Wildman–Crippen MR) is 88.3 cm³/mol. The summed E-state index contributed by atoms with van der Waals surface area (Å²) in [7, 11) is 1.51. The van der Waals surface area contributed by atoms with Gasteiger partial charge in [0.2, 0.25) is 6.79 Å². The molecule has 0 aliphatic carbocycles. The van der Waals surface area contributed by atoms with Gasteiger partial charge >= 0.3 is 0 Å². The maximum Gasteiger partial charge on any atom is 0.275 e. The second kappa shape index (κ2) is 6.70. The molecule has 0 radical (unpaired) electrons. The summed E-state index contributed by atoms with van der Waals surface area (Å²) >= 11 is 3.43. The van der Waals surface area contributed by atoms with Crippen LogP contribution in [0.25, 0.3) is 0 Å². The van der Waals surface area contributed by atoms with Crippen LogP contribution in [0.3, 0.4) is 0 Å². The SMILES string of the molecule is COc1ccccc1C(=O)NN=Cc1cc2c(cc1Br)OCO2. The van der Waals surface area contributed by atoms with Gasteiger partial charge in [-0.2, -0.15) is 5.10 Å². The fraction of sp³-hybridized carbons (Fsp3) is 0.125. The molecule has 1 amide bonds. The van der Waals surface area contributed by atoms with E-state index in [4.69, 9.17) is 14.2 Å². The molecule has 0 spiro atoms. The number of carbonyl (C=O) groups is 1. The van der Waals surface area contributed by atoms with Crippen LogP contribution in [-0.4, -0.2) is 26.0 Å².